The van der Waals surface area contributed by atoms with Gasteiger partial charge in [0.1, 0.15) is 5.75 Å². The van der Waals surface area contributed by atoms with E-state index in [4.69, 9.17) is 15.2 Å². The van der Waals surface area contributed by atoms with Gasteiger partial charge in [0.2, 0.25) is 0 Å². The first-order valence-corrected chi connectivity index (χ1v) is 11.0. The molecule has 0 spiro atoms. The molecule has 2 heterocycles. The molecule has 1 aliphatic carbocycles. The number of methoxy groups -OCH3 is 2. The van der Waals surface area contributed by atoms with Crippen LogP contribution in [-0.4, -0.2) is 54.3 Å². The van der Waals surface area contributed by atoms with Crippen LogP contribution in [0.3, 0.4) is 0 Å². The summed E-state index contributed by atoms with van der Waals surface area (Å²) in [7, 11) is 3.24. The molecule has 8 heteroatoms. The van der Waals surface area contributed by atoms with Crippen molar-refractivity contribution in [1.82, 2.24) is 14.8 Å². The number of hydrogen-bond acceptors (Lipinski definition) is 4. The Balaban J connectivity index is 1.73. The average Bonchev–Trinajstić information content (AvgIpc) is 3.53. The molecule has 2 aromatic rings. The topological polar surface area (TPSA) is 98.8 Å². The molecule has 0 radical (unpaired) electrons. The quantitative estimate of drug-likeness (QED) is 0.691. The number of aromatic nitrogens is 1. The zero-order valence-corrected chi connectivity index (χ0v) is 19.2. The smallest absolute Gasteiger partial charge is 0.318 e. The second-order valence-electron chi connectivity index (χ2n) is 9.27. The van der Waals surface area contributed by atoms with Crippen molar-refractivity contribution in [3.8, 4) is 16.9 Å². The van der Waals surface area contributed by atoms with E-state index in [9.17, 15) is 9.59 Å². The third-order valence-electron chi connectivity index (χ3n) is 6.17. The maximum absolute atomic E-state index is 13.0. The first-order chi connectivity index (χ1) is 15.3. The zero-order chi connectivity index (χ0) is 23.0. The lowest BCUT2D eigenvalue weighted by atomic mass is 9.97. The molecule has 32 heavy (non-hydrogen) atoms. The van der Waals surface area contributed by atoms with Gasteiger partial charge in [-0.2, -0.15) is 0 Å². The molecular formula is C24H32N4O4. The Bertz CT molecular complexity index is 1020. The fourth-order valence-corrected chi connectivity index (χ4v) is 4.62. The summed E-state index contributed by atoms with van der Waals surface area (Å²) in [6.07, 6.45) is 2.19. The summed E-state index contributed by atoms with van der Waals surface area (Å²) < 4.78 is 12.7. The van der Waals surface area contributed by atoms with Crippen LogP contribution in [0.2, 0.25) is 0 Å². The highest BCUT2D eigenvalue weighted by molar-refractivity contribution is 6.02. The highest BCUT2D eigenvalue weighted by Crippen LogP contribution is 2.48. The number of benzene rings is 1. The van der Waals surface area contributed by atoms with Crippen molar-refractivity contribution in [3.63, 3.8) is 0 Å². The van der Waals surface area contributed by atoms with Crippen molar-refractivity contribution >= 4 is 11.9 Å². The predicted octanol–water partition coefficient (Wildman–Crippen LogP) is 3.09. The number of ether oxygens (including phenoxy) is 2. The van der Waals surface area contributed by atoms with Crippen LogP contribution in [-0.2, 0) is 17.8 Å². The standard InChI is InChI=1S/C24H32N4O4/c1-24(2,14-31-3)26-23(30)27-11-12-28-18(13-27)20(22(25)29)19(21(28)16-5-6-16)15-7-9-17(32-4)10-8-15/h7-10,16H,5-6,11-14H2,1-4H3,(H2,25,29)(H,26,30). The fraction of sp³-hybridized carbons (Fsp3) is 0.500. The van der Waals surface area contributed by atoms with Crippen LogP contribution >= 0.6 is 0 Å². The molecule has 1 aliphatic heterocycles. The molecule has 1 aromatic carbocycles. The van der Waals surface area contributed by atoms with Crippen molar-refractivity contribution in [2.45, 2.75) is 51.2 Å². The second-order valence-corrected chi connectivity index (χ2v) is 9.27. The lowest BCUT2D eigenvalue weighted by Gasteiger charge is -2.34. The number of rotatable bonds is 7. The lowest BCUT2D eigenvalue weighted by Crippen LogP contribution is -2.53. The Labute approximate surface area is 188 Å². The Morgan fingerprint density at radius 1 is 1.16 bits per heavy atom. The van der Waals surface area contributed by atoms with Gasteiger partial charge in [-0.1, -0.05) is 12.1 Å². The summed E-state index contributed by atoms with van der Waals surface area (Å²) in [5, 5.41) is 3.03. The van der Waals surface area contributed by atoms with Gasteiger partial charge in [-0.25, -0.2) is 4.79 Å². The van der Waals surface area contributed by atoms with Crippen LogP contribution in [0.4, 0.5) is 4.79 Å². The van der Waals surface area contributed by atoms with Crippen molar-refractivity contribution in [2.75, 3.05) is 27.4 Å². The summed E-state index contributed by atoms with van der Waals surface area (Å²) in [6, 6.07) is 7.55. The molecule has 2 aliphatic rings. The van der Waals surface area contributed by atoms with Gasteiger partial charge in [-0.05, 0) is 50.3 Å². The summed E-state index contributed by atoms with van der Waals surface area (Å²) in [5.74, 6) is 0.709. The minimum atomic E-state index is -0.495. The average molecular weight is 441 g/mol. The van der Waals surface area contributed by atoms with Gasteiger partial charge in [0, 0.05) is 31.5 Å². The van der Waals surface area contributed by atoms with E-state index in [-0.39, 0.29) is 6.03 Å². The van der Waals surface area contributed by atoms with E-state index in [1.54, 1.807) is 19.1 Å². The van der Waals surface area contributed by atoms with Crippen LogP contribution in [0.15, 0.2) is 24.3 Å². The van der Waals surface area contributed by atoms with Gasteiger partial charge in [-0.15, -0.1) is 0 Å². The molecule has 0 saturated heterocycles. The van der Waals surface area contributed by atoms with E-state index < -0.39 is 11.4 Å². The monoisotopic (exact) mass is 440 g/mol. The van der Waals surface area contributed by atoms with Crippen molar-refractivity contribution in [2.24, 2.45) is 5.73 Å². The number of primary amides is 1. The van der Waals surface area contributed by atoms with Crippen LogP contribution in [0, 0.1) is 0 Å². The van der Waals surface area contributed by atoms with Crippen LogP contribution < -0.4 is 15.8 Å². The molecule has 3 amide bonds. The van der Waals surface area contributed by atoms with Gasteiger partial charge in [0.15, 0.2) is 0 Å². The summed E-state index contributed by atoms with van der Waals surface area (Å²) in [4.78, 5) is 27.4. The first kappa shape index (κ1) is 22.2. The highest BCUT2D eigenvalue weighted by atomic mass is 16.5. The summed E-state index contributed by atoms with van der Waals surface area (Å²) >= 11 is 0. The van der Waals surface area contributed by atoms with E-state index in [0.29, 0.717) is 37.7 Å². The normalized spacial score (nSPS) is 15.9. The Morgan fingerprint density at radius 2 is 1.84 bits per heavy atom. The van der Waals surface area contributed by atoms with Crippen LogP contribution in [0.25, 0.3) is 11.1 Å². The molecule has 1 fully saturated rings. The molecule has 3 N–H and O–H groups in total. The SMILES string of the molecule is COCC(C)(C)NC(=O)N1CCn2c(c(C(N)=O)c(-c3ccc(OC)cc3)c2C2CC2)C1. The number of hydrogen-bond donors (Lipinski definition) is 2. The zero-order valence-electron chi connectivity index (χ0n) is 19.2. The highest BCUT2D eigenvalue weighted by Gasteiger charge is 2.38. The second kappa shape index (κ2) is 8.50. The number of nitrogens with zero attached hydrogens (tertiary/aromatic N) is 2. The molecule has 1 aromatic heterocycles. The fourth-order valence-electron chi connectivity index (χ4n) is 4.62. The first-order valence-electron chi connectivity index (χ1n) is 11.0. The summed E-state index contributed by atoms with van der Waals surface area (Å²) in [5.41, 5.74) is 9.77. The largest absolute Gasteiger partial charge is 0.497 e. The van der Waals surface area contributed by atoms with Gasteiger partial charge in [0.25, 0.3) is 5.91 Å². The third kappa shape index (κ3) is 4.19. The van der Waals surface area contributed by atoms with Gasteiger partial charge >= 0.3 is 6.03 Å². The lowest BCUT2D eigenvalue weighted by molar-refractivity contribution is 0.0995. The number of amides is 3. The van der Waals surface area contributed by atoms with Crippen molar-refractivity contribution in [3.05, 3.63) is 41.2 Å². The van der Waals surface area contributed by atoms with Crippen LogP contribution in [0.1, 0.15) is 54.4 Å². The Kier molecular flexibility index (Phi) is 5.90. The number of urea groups is 1. The maximum atomic E-state index is 13.0. The molecule has 8 nitrogen and oxygen atoms in total. The minimum absolute atomic E-state index is 0.172. The molecule has 0 bridgehead atoms. The number of nitrogens with two attached hydrogens (primary N) is 1. The third-order valence-corrected chi connectivity index (χ3v) is 6.17. The van der Waals surface area contributed by atoms with E-state index in [2.05, 4.69) is 9.88 Å². The predicted molar refractivity (Wildman–Crippen MR) is 122 cm³/mol. The molecule has 172 valence electrons. The molecule has 0 atom stereocenters. The van der Waals surface area contributed by atoms with Gasteiger partial charge in [-0.3, -0.25) is 4.79 Å². The number of fused-ring (bicyclic) bond motifs is 1. The van der Waals surface area contributed by atoms with E-state index >= 15 is 0 Å². The van der Waals surface area contributed by atoms with Gasteiger partial charge in [0.05, 0.1) is 37.1 Å². The minimum Gasteiger partial charge on any atom is -0.497 e. The summed E-state index contributed by atoms with van der Waals surface area (Å²) in [6.45, 7) is 5.78. The van der Waals surface area contributed by atoms with Crippen molar-refractivity contribution in [1.29, 1.82) is 0 Å². The molecule has 0 unspecified atom stereocenters. The van der Waals surface area contributed by atoms with E-state index in [1.807, 2.05) is 38.1 Å². The molecule has 1 saturated carbocycles. The number of carbonyl (C=O) groups excluding carboxylic acids is 2. The van der Waals surface area contributed by atoms with Gasteiger partial charge < -0.3 is 30.0 Å². The molecule has 4 rings (SSSR count). The number of carbonyl (C=O) groups is 2. The van der Waals surface area contributed by atoms with Crippen molar-refractivity contribution < 1.29 is 19.1 Å². The molecular weight excluding hydrogens is 408 g/mol. The van der Waals surface area contributed by atoms with E-state index in [0.717, 1.165) is 35.4 Å². The Hall–Kier alpha value is -3.00. The van der Waals surface area contributed by atoms with E-state index in [1.165, 1.54) is 5.69 Å². The van der Waals surface area contributed by atoms with Crippen LogP contribution in [0.5, 0.6) is 5.75 Å². The number of nitrogens with one attached hydrogen (secondary N) is 1. The maximum Gasteiger partial charge on any atom is 0.318 e. The Morgan fingerprint density at radius 3 is 2.41 bits per heavy atom.